The van der Waals surface area contributed by atoms with E-state index in [0.29, 0.717) is 6.10 Å². The molecule has 2 rings (SSSR count). The smallest absolute Gasteiger partial charge is 0.198 e. The van der Waals surface area contributed by atoms with Crippen molar-refractivity contribution in [2.24, 2.45) is 5.92 Å². The first-order chi connectivity index (χ1) is 8.15. The van der Waals surface area contributed by atoms with Gasteiger partial charge < -0.3 is 4.74 Å². The van der Waals surface area contributed by atoms with Gasteiger partial charge in [-0.3, -0.25) is 4.79 Å². The summed E-state index contributed by atoms with van der Waals surface area (Å²) in [6, 6.07) is 3.88. The third kappa shape index (κ3) is 3.65. The van der Waals surface area contributed by atoms with Gasteiger partial charge in [0.15, 0.2) is 5.78 Å². The Hall–Kier alpha value is -0.670. The summed E-state index contributed by atoms with van der Waals surface area (Å²) in [4.78, 5) is 13.9. The van der Waals surface area contributed by atoms with Crippen LogP contribution in [0.25, 0.3) is 0 Å². The van der Waals surface area contributed by atoms with E-state index in [1.54, 1.807) is 11.3 Å². The molecular weight excluding hydrogens is 232 g/mol. The molecule has 0 radical (unpaired) electrons. The molecule has 0 amide bonds. The first-order valence-electron chi connectivity index (χ1n) is 6.36. The number of hydrogen-bond donors (Lipinski definition) is 0. The molecule has 0 N–H and O–H groups in total. The summed E-state index contributed by atoms with van der Waals surface area (Å²) in [6.45, 7) is 4.53. The molecule has 0 spiro atoms. The standard InChI is InChI=1S/C14H20O2S/c1-10-4-3-5-12(8-10)16-9-13(15)14-7-6-11(2)17-14/h6-7,10,12H,3-5,8-9H2,1-2H3. The van der Waals surface area contributed by atoms with Crippen LogP contribution in [0.4, 0.5) is 0 Å². The van der Waals surface area contributed by atoms with Crippen LogP contribution in [0.1, 0.15) is 47.2 Å². The molecule has 0 aromatic carbocycles. The van der Waals surface area contributed by atoms with Gasteiger partial charge in [-0.05, 0) is 37.8 Å². The van der Waals surface area contributed by atoms with Gasteiger partial charge in [-0.1, -0.05) is 19.8 Å². The molecule has 1 aliphatic carbocycles. The van der Waals surface area contributed by atoms with Gasteiger partial charge in [-0.25, -0.2) is 0 Å². The average molecular weight is 252 g/mol. The number of carbonyl (C=O) groups is 1. The summed E-state index contributed by atoms with van der Waals surface area (Å²) < 4.78 is 5.74. The zero-order valence-corrected chi connectivity index (χ0v) is 11.4. The van der Waals surface area contributed by atoms with Crippen LogP contribution < -0.4 is 0 Å². The van der Waals surface area contributed by atoms with E-state index >= 15 is 0 Å². The Balaban J connectivity index is 1.80. The van der Waals surface area contributed by atoms with Crippen LogP contribution in [0.15, 0.2) is 12.1 Å². The van der Waals surface area contributed by atoms with Crippen molar-refractivity contribution in [3.63, 3.8) is 0 Å². The molecule has 2 unspecified atom stereocenters. The molecule has 1 heterocycles. The predicted octanol–water partition coefficient (Wildman–Crippen LogP) is 3.83. The third-order valence-electron chi connectivity index (χ3n) is 3.35. The normalized spacial score (nSPS) is 24.8. The summed E-state index contributed by atoms with van der Waals surface area (Å²) in [5.41, 5.74) is 0. The molecule has 1 aliphatic rings. The van der Waals surface area contributed by atoms with E-state index in [-0.39, 0.29) is 12.4 Å². The minimum Gasteiger partial charge on any atom is -0.370 e. The molecule has 3 heteroatoms. The lowest BCUT2D eigenvalue weighted by Gasteiger charge is -2.26. The number of ether oxygens (including phenoxy) is 1. The van der Waals surface area contributed by atoms with Crippen molar-refractivity contribution in [3.05, 3.63) is 21.9 Å². The molecule has 1 fully saturated rings. The second-order valence-corrected chi connectivity index (χ2v) is 6.33. The van der Waals surface area contributed by atoms with Crippen LogP contribution in [-0.4, -0.2) is 18.5 Å². The Kier molecular flexibility index (Phi) is 4.35. The molecule has 17 heavy (non-hydrogen) atoms. The zero-order valence-electron chi connectivity index (χ0n) is 10.6. The van der Waals surface area contributed by atoms with Gasteiger partial charge in [-0.15, -0.1) is 11.3 Å². The number of ketones is 1. The van der Waals surface area contributed by atoms with Gasteiger partial charge in [-0.2, -0.15) is 0 Å². The number of aryl methyl sites for hydroxylation is 1. The summed E-state index contributed by atoms with van der Waals surface area (Å²) in [5.74, 6) is 0.870. The molecule has 1 saturated carbocycles. The molecule has 0 bridgehead atoms. The van der Waals surface area contributed by atoms with E-state index in [1.165, 1.54) is 17.7 Å². The predicted molar refractivity (Wildman–Crippen MR) is 70.8 cm³/mol. The number of thiophene rings is 1. The minimum absolute atomic E-state index is 0.126. The highest BCUT2D eigenvalue weighted by atomic mass is 32.1. The summed E-state index contributed by atoms with van der Waals surface area (Å²) in [5, 5.41) is 0. The van der Waals surface area contributed by atoms with Crippen molar-refractivity contribution in [3.8, 4) is 0 Å². The highest BCUT2D eigenvalue weighted by molar-refractivity contribution is 7.14. The Morgan fingerprint density at radius 1 is 1.47 bits per heavy atom. The van der Waals surface area contributed by atoms with Crippen LogP contribution in [0.3, 0.4) is 0 Å². The Morgan fingerprint density at radius 2 is 2.29 bits per heavy atom. The maximum atomic E-state index is 11.9. The van der Waals surface area contributed by atoms with Gasteiger partial charge in [0.25, 0.3) is 0 Å². The second kappa shape index (κ2) is 5.78. The number of carbonyl (C=O) groups excluding carboxylic acids is 1. The maximum Gasteiger partial charge on any atom is 0.198 e. The number of rotatable bonds is 4. The third-order valence-corrected chi connectivity index (χ3v) is 4.40. The Bertz CT molecular complexity index is 383. The van der Waals surface area contributed by atoms with Crippen molar-refractivity contribution >= 4 is 17.1 Å². The fraction of sp³-hybridized carbons (Fsp3) is 0.643. The van der Waals surface area contributed by atoms with Crippen LogP contribution in [0.5, 0.6) is 0 Å². The lowest BCUT2D eigenvalue weighted by molar-refractivity contribution is 0.0184. The van der Waals surface area contributed by atoms with Gasteiger partial charge in [0.1, 0.15) is 6.61 Å². The van der Waals surface area contributed by atoms with Crippen LogP contribution >= 0.6 is 11.3 Å². The fourth-order valence-electron chi connectivity index (χ4n) is 2.38. The van der Waals surface area contributed by atoms with Crippen LogP contribution in [0, 0.1) is 12.8 Å². The first-order valence-corrected chi connectivity index (χ1v) is 7.18. The average Bonchev–Trinajstić information content (AvgIpc) is 2.73. The number of Topliss-reactive ketones (excluding diaryl/α,β-unsaturated/α-hetero) is 1. The van der Waals surface area contributed by atoms with E-state index in [9.17, 15) is 4.79 Å². The van der Waals surface area contributed by atoms with E-state index in [0.717, 1.165) is 23.6 Å². The van der Waals surface area contributed by atoms with E-state index in [4.69, 9.17) is 4.74 Å². The summed E-state index contributed by atoms with van der Waals surface area (Å²) in [7, 11) is 0. The molecule has 1 aromatic heterocycles. The SMILES string of the molecule is Cc1ccc(C(=O)COC2CCCC(C)C2)s1. The maximum absolute atomic E-state index is 11.9. The quantitative estimate of drug-likeness (QED) is 0.761. The molecular formula is C14H20O2S. The van der Waals surface area contributed by atoms with Gasteiger partial charge >= 0.3 is 0 Å². The van der Waals surface area contributed by atoms with Gasteiger partial charge in [0, 0.05) is 4.88 Å². The molecule has 0 saturated heterocycles. The lowest BCUT2D eigenvalue weighted by atomic mass is 9.89. The van der Waals surface area contributed by atoms with E-state index in [1.807, 2.05) is 19.1 Å². The molecule has 2 nitrogen and oxygen atoms in total. The monoisotopic (exact) mass is 252 g/mol. The van der Waals surface area contributed by atoms with Crippen molar-refractivity contribution in [1.82, 2.24) is 0 Å². The van der Waals surface area contributed by atoms with Crippen LogP contribution in [0.2, 0.25) is 0 Å². The van der Waals surface area contributed by atoms with E-state index < -0.39 is 0 Å². The van der Waals surface area contributed by atoms with Crippen molar-refractivity contribution in [2.45, 2.75) is 45.6 Å². The first kappa shape index (κ1) is 12.8. The number of hydrogen-bond acceptors (Lipinski definition) is 3. The molecule has 0 aliphatic heterocycles. The Labute approximate surface area is 107 Å². The van der Waals surface area contributed by atoms with Crippen LogP contribution in [-0.2, 0) is 4.74 Å². The van der Waals surface area contributed by atoms with Crippen molar-refractivity contribution < 1.29 is 9.53 Å². The summed E-state index contributed by atoms with van der Waals surface area (Å²) >= 11 is 1.55. The molecule has 1 aromatic rings. The molecule has 2 atom stereocenters. The topological polar surface area (TPSA) is 26.3 Å². The van der Waals surface area contributed by atoms with Gasteiger partial charge in [0.2, 0.25) is 0 Å². The van der Waals surface area contributed by atoms with Gasteiger partial charge in [0.05, 0.1) is 11.0 Å². The van der Waals surface area contributed by atoms with Crippen molar-refractivity contribution in [1.29, 1.82) is 0 Å². The highest BCUT2D eigenvalue weighted by Crippen LogP contribution is 2.26. The second-order valence-electron chi connectivity index (χ2n) is 5.04. The Morgan fingerprint density at radius 3 is 2.94 bits per heavy atom. The largest absolute Gasteiger partial charge is 0.370 e. The van der Waals surface area contributed by atoms with E-state index in [2.05, 4.69) is 6.92 Å². The fourth-order valence-corrected chi connectivity index (χ4v) is 3.17. The zero-order chi connectivity index (χ0) is 12.3. The minimum atomic E-state index is 0.126. The molecule has 94 valence electrons. The highest BCUT2D eigenvalue weighted by Gasteiger charge is 2.20. The lowest BCUT2D eigenvalue weighted by Crippen LogP contribution is -2.24. The van der Waals surface area contributed by atoms with Crippen molar-refractivity contribution in [2.75, 3.05) is 6.61 Å². The summed E-state index contributed by atoms with van der Waals surface area (Å²) in [6.07, 6.45) is 5.05.